The normalized spacial score (nSPS) is 15.4. The molecule has 1 aromatic heterocycles. The Morgan fingerprint density at radius 2 is 1.70 bits per heavy atom. The lowest BCUT2D eigenvalue weighted by atomic mass is 10.2. The molecular formula is C18H17F3N4OS. The number of nitrogens with zero attached hydrogens (tertiary/aromatic N) is 4. The van der Waals surface area contributed by atoms with E-state index in [1.807, 2.05) is 52.8 Å². The molecular weight excluding hydrogens is 377 g/mol. The van der Waals surface area contributed by atoms with Gasteiger partial charge in [0.15, 0.2) is 5.82 Å². The number of hydrogen-bond acceptors (Lipinski definition) is 5. The fourth-order valence-corrected chi connectivity index (χ4v) is 3.21. The number of benzene rings is 1. The lowest BCUT2D eigenvalue weighted by Gasteiger charge is -2.35. The molecule has 5 nitrogen and oxygen atoms in total. The number of amides is 1. The van der Waals surface area contributed by atoms with Crippen molar-refractivity contribution in [3.63, 3.8) is 0 Å². The van der Waals surface area contributed by atoms with Crippen LogP contribution < -0.4 is 4.90 Å². The van der Waals surface area contributed by atoms with Gasteiger partial charge in [0.2, 0.25) is 0 Å². The largest absolute Gasteiger partial charge is 0.471 e. The number of hydrogen-bond donors (Lipinski definition) is 0. The Balaban J connectivity index is 1.52. The number of anilines is 1. The highest BCUT2D eigenvalue weighted by atomic mass is 32.2. The van der Waals surface area contributed by atoms with Crippen molar-refractivity contribution in [3.05, 3.63) is 53.4 Å². The maximum atomic E-state index is 12.5. The SMILES string of the molecule is O=C(N1CCN(c2ccc(SC=Cc3ccccc3)nn2)CC1)C(F)(F)F. The van der Waals surface area contributed by atoms with Crippen LogP contribution in [-0.4, -0.2) is 53.4 Å². The van der Waals surface area contributed by atoms with E-state index < -0.39 is 12.1 Å². The molecule has 27 heavy (non-hydrogen) atoms. The highest BCUT2D eigenvalue weighted by Crippen LogP contribution is 2.22. The molecule has 0 radical (unpaired) electrons. The van der Waals surface area contributed by atoms with Gasteiger partial charge in [-0.05, 0) is 29.2 Å². The molecule has 1 aliphatic heterocycles. The van der Waals surface area contributed by atoms with Gasteiger partial charge in [-0.25, -0.2) is 0 Å². The van der Waals surface area contributed by atoms with Crippen molar-refractivity contribution in [3.8, 4) is 0 Å². The van der Waals surface area contributed by atoms with Crippen LogP contribution in [0.4, 0.5) is 19.0 Å². The molecule has 0 aliphatic carbocycles. The van der Waals surface area contributed by atoms with Gasteiger partial charge < -0.3 is 9.80 Å². The summed E-state index contributed by atoms with van der Waals surface area (Å²) in [7, 11) is 0. The molecule has 0 N–H and O–H groups in total. The van der Waals surface area contributed by atoms with Gasteiger partial charge in [0.25, 0.3) is 0 Å². The van der Waals surface area contributed by atoms with Crippen molar-refractivity contribution in [2.24, 2.45) is 0 Å². The highest BCUT2D eigenvalue weighted by Gasteiger charge is 2.43. The summed E-state index contributed by atoms with van der Waals surface area (Å²) in [4.78, 5) is 13.9. The molecule has 1 amide bonds. The Hall–Kier alpha value is -2.55. The van der Waals surface area contributed by atoms with E-state index in [1.165, 1.54) is 11.8 Å². The van der Waals surface area contributed by atoms with Crippen molar-refractivity contribution in [1.29, 1.82) is 0 Å². The molecule has 1 aromatic carbocycles. The maximum absolute atomic E-state index is 12.5. The lowest BCUT2D eigenvalue weighted by Crippen LogP contribution is -2.52. The number of rotatable bonds is 4. The second kappa shape index (κ2) is 8.43. The molecule has 0 atom stereocenters. The molecule has 142 valence electrons. The summed E-state index contributed by atoms with van der Waals surface area (Å²) >= 11 is 1.43. The van der Waals surface area contributed by atoms with E-state index in [2.05, 4.69) is 10.2 Å². The first kappa shape index (κ1) is 19.2. The molecule has 1 saturated heterocycles. The Kier molecular flexibility index (Phi) is 6.00. The molecule has 0 unspecified atom stereocenters. The monoisotopic (exact) mass is 394 g/mol. The van der Waals surface area contributed by atoms with E-state index in [0.29, 0.717) is 5.82 Å². The van der Waals surface area contributed by atoms with E-state index >= 15 is 0 Å². The first-order valence-electron chi connectivity index (χ1n) is 8.26. The van der Waals surface area contributed by atoms with Crippen LogP contribution in [0, 0.1) is 0 Å². The van der Waals surface area contributed by atoms with E-state index in [0.717, 1.165) is 15.5 Å². The predicted molar refractivity (Wildman–Crippen MR) is 98.2 cm³/mol. The lowest BCUT2D eigenvalue weighted by molar-refractivity contribution is -0.185. The number of alkyl halides is 3. The number of aromatic nitrogens is 2. The summed E-state index contributed by atoms with van der Waals surface area (Å²) in [6.07, 6.45) is -2.86. The van der Waals surface area contributed by atoms with Crippen LogP contribution in [0.5, 0.6) is 0 Å². The fraction of sp³-hybridized carbons (Fsp3) is 0.278. The summed E-state index contributed by atoms with van der Waals surface area (Å²) in [6, 6.07) is 13.5. The summed E-state index contributed by atoms with van der Waals surface area (Å²) in [6.45, 7) is 0.598. The van der Waals surface area contributed by atoms with Crippen molar-refractivity contribution in [2.75, 3.05) is 31.1 Å². The second-order valence-corrected chi connectivity index (χ2v) is 6.76. The van der Waals surface area contributed by atoms with Gasteiger partial charge >= 0.3 is 12.1 Å². The van der Waals surface area contributed by atoms with Crippen LogP contribution in [-0.2, 0) is 4.79 Å². The van der Waals surface area contributed by atoms with E-state index in [9.17, 15) is 18.0 Å². The smallest absolute Gasteiger partial charge is 0.352 e. The number of thioether (sulfide) groups is 1. The fourth-order valence-electron chi connectivity index (χ4n) is 2.61. The van der Waals surface area contributed by atoms with E-state index in [1.54, 1.807) is 6.07 Å². The molecule has 3 rings (SSSR count). The topological polar surface area (TPSA) is 49.3 Å². The Morgan fingerprint density at radius 1 is 1.00 bits per heavy atom. The summed E-state index contributed by atoms with van der Waals surface area (Å²) in [5, 5.41) is 10.9. The molecule has 1 aliphatic rings. The summed E-state index contributed by atoms with van der Waals surface area (Å²) in [5.41, 5.74) is 1.08. The molecule has 2 aromatic rings. The molecule has 2 heterocycles. The highest BCUT2D eigenvalue weighted by molar-refractivity contribution is 8.02. The second-order valence-electron chi connectivity index (χ2n) is 5.84. The van der Waals surface area contributed by atoms with Gasteiger partial charge in [0.05, 0.1) is 0 Å². The van der Waals surface area contributed by atoms with Crippen LogP contribution in [0.2, 0.25) is 0 Å². The quantitative estimate of drug-likeness (QED) is 0.744. The van der Waals surface area contributed by atoms with Crippen molar-refractivity contribution in [1.82, 2.24) is 15.1 Å². The minimum absolute atomic E-state index is 0.0103. The van der Waals surface area contributed by atoms with Gasteiger partial charge in [-0.1, -0.05) is 42.1 Å². The molecule has 0 spiro atoms. The first-order chi connectivity index (χ1) is 12.9. The minimum Gasteiger partial charge on any atom is -0.352 e. The van der Waals surface area contributed by atoms with Crippen LogP contribution in [0.1, 0.15) is 5.56 Å². The van der Waals surface area contributed by atoms with Gasteiger partial charge in [0, 0.05) is 26.2 Å². The predicted octanol–water partition coefficient (Wildman–Crippen LogP) is 3.45. The van der Waals surface area contributed by atoms with Gasteiger partial charge in [-0.15, -0.1) is 10.2 Å². The number of halogens is 3. The molecule has 9 heteroatoms. The summed E-state index contributed by atoms with van der Waals surface area (Å²) in [5.74, 6) is -1.20. The Bertz CT molecular complexity index is 789. The standard InChI is InChI=1S/C18H17F3N4OS/c19-18(20,21)17(26)25-11-9-24(10-12-25)15-6-7-16(23-22-15)27-13-8-14-4-2-1-3-5-14/h1-8,13H,9-12H2. The zero-order valence-corrected chi connectivity index (χ0v) is 15.1. The van der Waals surface area contributed by atoms with Crippen LogP contribution in [0.3, 0.4) is 0 Å². The third kappa shape index (κ3) is 5.22. The first-order valence-corrected chi connectivity index (χ1v) is 9.14. The van der Waals surface area contributed by atoms with Crippen molar-refractivity contribution < 1.29 is 18.0 Å². The maximum Gasteiger partial charge on any atom is 0.471 e. The van der Waals surface area contributed by atoms with E-state index in [4.69, 9.17) is 0 Å². The van der Waals surface area contributed by atoms with E-state index in [-0.39, 0.29) is 26.2 Å². The average molecular weight is 394 g/mol. The average Bonchev–Trinajstić information content (AvgIpc) is 2.68. The van der Waals surface area contributed by atoms with Gasteiger partial charge in [-0.3, -0.25) is 4.79 Å². The Morgan fingerprint density at radius 3 is 2.30 bits per heavy atom. The van der Waals surface area contributed by atoms with Gasteiger partial charge in [-0.2, -0.15) is 13.2 Å². The molecule has 0 saturated carbocycles. The Labute approximate surface area is 158 Å². The number of carbonyl (C=O) groups excluding carboxylic acids is 1. The van der Waals surface area contributed by atoms with Crippen molar-refractivity contribution >= 4 is 29.6 Å². The van der Waals surface area contributed by atoms with Crippen molar-refractivity contribution in [2.45, 2.75) is 11.2 Å². The minimum atomic E-state index is -4.83. The van der Waals surface area contributed by atoms with Crippen LogP contribution >= 0.6 is 11.8 Å². The third-order valence-corrected chi connectivity index (χ3v) is 4.74. The number of carbonyl (C=O) groups is 1. The summed E-state index contributed by atoms with van der Waals surface area (Å²) < 4.78 is 37.4. The number of piperazine rings is 1. The molecule has 0 bridgehead atoms. The van der Waals surface area contributed by atoms with Gasteiger partial charge in [0.1, 0.15) is 5.03 Å². The zero-order valence-electron chi connectivity index (χ0n) is 14.3. The van der Waals surface area contributed by atoms with Crippen LogP contribution in [0.25, 0.3) is 6.08 Å². The third-order valence-electron chi connectivity index (χ3n) is 4.01. The molecule has 1 fully saturated rings. The zero-order chi connectivity index (χ0) is 19.3. The van der Waals surface area contributed by atoms with Crippen LogP contribution in [0.15, 0.2) is 52.9 Å².